The summed E-state index contributed by atoms with van der Waals surface area (Å²) in [5.41, 5.74) is 1.09. The van der Waals surface area contributed by atoms with E-state index in [9.17, 15) is 9.00 Å². The standard InChI is InChI=1S/C13H16ClNO2S/c1-2-3-9-15-13(16)12(10-14)18(17)11-7-5-4-6-8-11/h4-8,10H,2-3,9H2,1H3,(H,15,16)/b12-10-. The fourth-order valence-corrected chi connectivity index (χ4v) is 2.63. The van der Waals surface area contributed by atoms with Crippen LogP contribution in [-0.4, -0.2) is 16.7 Å². The van der Waals surface area contributed by atoms with Gasteiger partial charge in [-0.3, -0.25) is 4.79 Å². The summed E-state index contributed by atoms with van der Waals surface area (Å²) in [6, 6.07) is 8.78. The van der Waals surface area contributed by atoms with E-state index in [1.165, 1.54) is 0 Å². The maximum Gasteiger partial charge on any atom is 0.261 e. The Morgan fingerprint density at radius 1 is 1.39 bits per heavy atom. The second-order valence-electron chi connectivity index (χ2n) is 3.66. The summed E-state index contributed by atoms with van der Waals surface area (Å²) in [6.45, 7) is 2.60. The molecular weight excluding hydrogens is 270 g/mol. The third-order valence-electron chi connectivity index (χ3n) is 2.30. The molecule has 0 fully saturated rings. The first kappa shape index (κ1) is 14.9. The highest BCUT2D eigenvalue weighted by molar-refractivity contribution is 7.90. The van der Waals surface area contributed by atoms with Crippen molar-refractivity contribution in [2.24, 2.45) is 0 Å². The second-order valence-corrected chi connectivity index (χ2v) is 5.33. The summed E-state index contributed by atoms with van der Waals surface area (Å²) >= 11 is 5.60. The van der Waals surface area contributed by atoms with E-state index in [0.717, 1.165) is 18.4 Å². The number of carbonyl (C=O) groups excluding carboxylic acids is 1. The number of hydrogen-bond acceptors (Lipinski definition) is 2. The molecule has 0 aliphatic rings. The van der Waals surface area contributed by atoms with Gasteiger partial charge in [-0.2, -0.15) is 0 Å². The highest BCUT2D eigenvalue weighted by Gasteiger charge is 2.17. The first-order chi connectivity index (χ1) is 8.70. The topological polar surface area (TPSA) is 46.2 Å². The van der Waals surface area contributed by atoms with Gasteiger partial charge in [-0.25, -0.2) is 4.21 Å². The summed E-state index contributed by atoms with van der Waals surface area (Å²) in [4.78, 5) is 12.5. The fraction of sp³-hybridized carbons (Fsp3) is 0.308. The van der Waals surface area contributed by atoms with Gasteiger partial charge in [-0.1, -0.05) is 43.1 Å². The van der Waals surface area contributed by atoms with Crippen LogP contribution in [0.3, 0.4) is 0 Å². The average molecular weight is 286 g/mol. The summed E-state index contributed by atoms with van der Waals surface area (Å²) in [5.74, 6) is -0.374. The van der Waals surface area contributed by atoms with Crippen molar-refractivity contribution >= 4 is 28.3 Å². The average Bonchev–Trinajstić information content (AvgIpc) is 2.41. The highest BCUT2D eigenvalue weighted by Crippen LogP contribution is 2.15. The molecule has 3 nitrogen and oxygen atoms in total. The van der Waals surface area contributed by atoms with Crippen molar-refractivity contribution < 1.29 is 9.00 Å². The minimum atomic E-state index is -1.54. The molecule has 0 aliphatic carbocycles. The lowest BCUT2D eigenvalue weighted by Crippen LogP contribution is -2.27. The molecule has 1 aromatic carbocycles. The van der Waals surface area contributed by atoms with Gasteiger partial charge in [0.05, 0.1) is 10.8 Å². The van der Waals surface area contributed by atoms with Crippen molar-refractivity contribution in [2.45, 2.75) is 24.7 Å². The lowest BCUT2D eigenvalue weighted by molar-refractivity contribution is -0.116. The molecule has 1 rings (SSSR count). The third-order valence-corrected chi connectivity index (χ3v) is 4.05. The number of amides is 1. The van der Waals surface area contributed by atoms with Crippen molar-refractivity contribution in [1.82, 2.24) is 5.32 Å². The van der Waals surface area contributed by atoms with Crippen molar-refractivity contribution in [3.05, 3.63) is 40.8 Å². The smallest absolute Gasteiger partial charge is 0.261 e. The minimum Gasteiger partial charge on any atom is -0.351 e. The summed E-state index contributed by atoms with van der Waals surface area (Å²) in [5, 5.41) is 2.70. The van der Waals surface area contributed by atoms with Crippen molar-refractivity contribution in [3.63, 3.8) is 0 Å². The van der Waals surface area contributed by atoms with Gasteiger partial charge in [0.25, 0.3) is 5.91 Å². The molecule has 1 N–H and O–H groups in total. The first-order valence-electron chi connectivity index (χ1n) is 5.76. The summed E-state index contributed by atoms with van der Waals surface area (Å²) in [6.07, 6.45) is 1.88. The third kappa shape index (κ3) is 4.27. The number of benzene rings is 1. The Labute approximate surface area is 115 Å². The Hall–Kier alpha value is -1.13. The van der Waals surface area contributed by atoms with Crippen LogP contribution in [0.25, 0.3) is 0 Å². The molecule has 1 atom stereocenters. The quantitative estimate of drug-likeness (QED) is 0.645. The lowest BCUT2D eigenvalue weighted by atomic mass is 10.3. The van der Waals surface area contributed by atoms with Crippen LogP contribution in [0.5, 0.6) is 0 Å². The van der Waals surface area contributed by atoms with Crippen LogP contribution in [0, 0.1) is 0 Å². The number of halogens is 1. The van der Waals surface area contributed by atoms with E-state index in [1.54, 1.807) is 24.3 Å². The molecule has 0 saturated heterocycles. The van der Waals surface area contributed by atoms with E-state index in [1.807, 2.05) is 13.0 Å². The molecule has 0 bridgehead atoms. The van der Waals surface area contributed by atoms with Crippen molar-refractivity contribution in [1.29, 1.82) is 0 Å². The molecule has 0 aromatic heterocycles. The van der Waals surface area contributed by atoms with Crippen LogP contribution in [0.15, 0.2) is 45.7 Å². The van der Waals surface area contributed by atoms with Crippen LogP contribution in [0.1, 0.15) is 19.8 Å². The van der Waals surface area contributed by atoms with Gasteiger partial charge in [0.2, 0.25) is 0 Å². The summed E-state index contributed by atoms with van der Waals surface area (Å²) < 4.78 is 12.1. The van der Waals surface area contributed by atoms with E-state index < -0.39 is 10.8 Å². The van der Waals surface area contributed by atoms with Crippen molar-refractivity contribution in [2.75, 3.05) is 6.54 Å². The second kappa shape index (κ2) is 8.06. The Kier molecular flexibility index (Phi) is 6.68. The Morgan fingerprint density at radius 2 is 2.06 bits per heavy atom. The van der Waals surface area contributed by atoms with Gasteiger partial charge < -0.3 is 5.32 Å². The van der Waals surface area contributed by atoms with Crippen molar-refractivity contribution in [3.8, 4) is 0 Å². The summed E-state index contributed by atoms with van der Waals surface area (Å²) in [7, 11) is -1.54. The van der Waals surface area contributed by atoms with Crippen LogP contribution in [0.2, 0.25) is 0 Å². The van der Waals surface area contributed by atoms with E-state index in [4.69, 9.17) is 11.6 Å². The van der Waals surface area contributed by atoms with Gasteiger partial charge >= 0.3 is 0 Å². The molecule has 0 spiro atoms. The van der Waals surface area contributed by atoms with E-state index in [2.05, 4.69) is 5.32 Å². The lowest BCUT2D eigenvalue weighted by Gasteiger charge is -2.07. The molecule has 18 heavy (non-hydrogen) atoms. The molecular formula is C13H16ClNO2S. The van der Waals surface area contributed by atoms with Gasteiger partial charge in [-0.15, -0.1) is 0 Å². The van der Waals surface area contributed by atoms with E-state index in [-0.39, 0.29) is 10.8 Å². The Balaban J connectivity index is 2.73. The normalized spacial score (nSPS) is 13.1. The maximum absolute atomic E-state index is 12.1. The van der Waals surface area contributed by atoms with Crippen LogP contribution >= 0.6 is 11.6 Å². The fourth-order valence-electron chi connectivity index (χ4n) is 1.31. The van der Waals surface area contributed by atoms with Gasteiger partial charge in [0.1, 0.15) is 4.91 Å². The van der Waals surface area contributed by atoms with Gasteiger partial charge in [-0.05, 0) is 18.6 Å². The largest absolute Gasteiger partial charge is 0.351 e. The Bertz CT molecular complexity index is 446. The zero-order valence-electron chi connectivity index (χ0n) is 10.2. The molecule has 0 aliphatic heterocycles. The number of hydrogen-bond donors (Lipinski definition) is 1. The van der Waals surface area contributed by atoms with Gasteiger partial charge in [0, 0.05) is 17.0 Å². The Morgan fingerprint density at radius 3 is 2.61 bits per heavy atom. The predicted molar refractivity (Wildman–Crippen MR) is 74.7 cm³/mol. The van der Waals surface area contributed by atoms with Crippen LogP contribution < -0.4 is 5.32 Å². The van der Waals surface area contributed by atoms with Gasteiger partial charge in [0.15, 0.2) is 0 Å². The van der Waals surface area contributed by atoms with Crippen LogP contribution in [0.4, 0.5) is 0 Å². The minimum absolute atomic E-state index is 0.0824. The number of nitrogens with one attached hydrogen (secondary N) is 1. The predicted octanol–water partition coefficient (Wildman–Crippen LogP) is 2.79. The molecule has 1 amide bonds. The number of carbonyl (C=O) groups is 1. The molecule has 0 radical (unpaired) electrons. The van der Waals surface area contributed by atoms with E-state index >= 15 is 0 Å². The molecule has 0 saturated carbocycles. The zero-order chi connectivity index (χ0) is 13.4. The number of unbranched alkanes of at least 4 members (excludes halogenated alkanes) is 1. The number of rotatable bonds is 6. The SMILES string of the molecule is CCCCNC(=O)/C(=C/Cl)S(=O)c1ccccc1. The van der Waals surface area contributed by atoms with E-state index in [0.29, 0.717) is 11.4 Å². The van der Waals surface area contributed by atoms with Crippen LogP contribution in [-0.2, 0) is 15.6 Å². The zero-order valence-corrected chi connectivity index (χ0v) is 11.8. The maximum atomic E-state index is 12.1. The highest BCUT2D eigenvalue weighted by atomic mass is 35.5. The molecule has 98 valence electrons. The molecule has 5 heteroatoms. The monoisotopic (exact) mass is 285 g/mol. The first-order valence-corrected chi connectivity index (χ1v) is 7.34. The molecule has 1 unspecified atom stereocenters. The molecule has 1 aromatic rings. The molecule has 0 heterocycles.